The average molecular weight is 422 g/mol. The quantitative estimate of drug-likeness (QED) is 0.425. The summed E-state index contributed by atoms with van der Waals surface area (Å²) >= 11 is 0. The van der Waals surface area contributed by atoms with Crippen molar-refractivity contribution < 1.29 is 9.53 Å². The van der Waals surface area contributed by atoms with Gasteiger partial charge in [0, 0.05) is 25.0 Å². The number of nitrogens with zero attached hydrogens (tertiary/aromatic N) is 4. The van der Waals surface area contributed by atoms with Gasteiger partial charge in [-0.1, -0.05) is 13.0 Å². The minimum absolute atomic E-state index is 0.0276. The highest BCUT2D eigenvalue weighted by molar-refractivity contribution is 7.17. The minimum Gasteiger partial charge on any atom is -0.478 e. The van der Waals surface area contributed by atoms with Gasteiger partial charge in [-0.05, 0) is 54.6 Å². The van der Waals surface area contributed by atoms with E-state index >= 15 is 0 Å². The number of aryl methyl sites for hydroxylation is 1. The Balaban J connectivity index is 1.41. The number of hydrogen-bond acceptors (Lipinski definition) is 4. The molecule has 156 valence electrons. The van der Waals surface area contributed by atoms with Crippen LogP contribution in [0.3, 0.4) is 0 Å². The molecule has 1 aliphatic carbocycles. The van der Waals surface area contributed by atoms with Crippen LogP contribution in [0.15, 0.2) is 42.9 Å². The molecule has 3 heterocycles. The lowest BCUT2D eigenvalue weighted by atomic mass is 9.79. The van der Waals surface area contributed by atoms with Gasteiger partial charge < -0.3 is 14.2 Å². The number of pyridine rings is 1. The van der Waals surface area contributed by atoms with Gasteiger partial charge in [-0.25, -0.2) is 9.97 Å². The van der Waals surface area contributed by atoms with Crippen LogP contribution in [-0.2, 0) is 11.8 Å². The molecule has 3 aromatic rings. The number of aromatic nitrogens is 3. The van der Waals surface area contributed by atoms with Crippen molar-refractivity contribution in [2.24, 2.45) is 18.9 Å². The van der Waals surface area contributed by atoms with Crippen LogP contribution in [0.25, 0.3) is 11.0 Å². The zero-order chi connectivity index (χ0) is 20.8. The normalized spacial score (nSPS) is 22.2. The molecule has 0 N–H and O–H groups in total. The number of imidazole rings is 1. The van der Waals surface area contributed by atoms with Gasteiger partial charge in [0.15, 0.2) is 0 Å². The van der Waals surface area contributed by atoms with Gasteiger partial charge in [0.2, 0.25) is 11.8 Å². The summed E-state index contributed by atoms with van der Waals surface area (Å²) in [6.07, 6.45) is 6.93. The maximum Gasteiger partial charge on any atom is 0.233 e. The number of rotatable bonds is 7. The van der Waals surface area contributed by atoms with Crippen molar-refractivity contribution in [1.29, 1.82) is 0 Å². The third kappa shape index (κ3) is 3.47. The lowest BCUT2D eigenvalue weighted by Gasteiger charge is -2.47. The fourth-order valence-electron chi connectivity index (χ4n) is 4.35. The van der Waals surface area contributed by atoms with Crippen LogP contribution in [0.2, 0.25) is 0 Å². The second kappa shape index (κ2) is 7.66. The fraction of sp³-hybridized carbons (Fsp3) is 0.435. The zero-order valence-electron chi connectivity index (χ0n) is 17.4. The summed E-state index contributed by atoms with van der Waals surface area (Å²) in [5.41, 5.74) is 4.46. The second-order valence-corrected chi connectivity index (χ2v) is 9.73. The fourth-order valence-corrected chi connectivity index (χ4v) is 4.48. The number of anilines is 1. The maximum absolute atomic E-state index is 13.1. The first-order valence-corrected chi connectivity index (χ1v) is 11.3. The number of fused-ring (bicyclic) bond motifs is 1. The van der Waals surface area contributed by atoms with Crippen LogP contribution in [0.1, 0.15) is 37.8 Å². The SMILES string of the molecule is CC(P)CCOc1ccc([C@@H]2[C@H](C3CC3)C(=O)N2c2ccc3c(c2)ncn3C)cn1. The maximum atomic E-state index is 13.1. The molecule has 6 nitrogen and oxygen atoms in total. The van der Waals surface area contributed by atoms with E-state index in [0.29, 0.717) is 24.1 Å². The van der Waals surface area contributed by atoms with Crippen LogP contribution in [0.5, 0.6) is 5.88 Å². The third-order valence-electron chi connectivity index (χ3n) is 6.18. The van der Waals surface area contributed by atoms with Crippen molar-refractivity contribution in [1.82, 2.24) is 14.5 Å². The molecule has 0 spiro atoms. The monoisotopic (exact) mass is 422 g/mol. The van der Waals surface area contributed by atoms with Crippen LogP contribution >= 0.6 is 9.24 Å². The van der Waals surface area contributed by atoms with Gasteiger partial charge in [0.05, 0.1) is 35.9 Å². The summed E-state index contributed by atoms with van der Waals surface area (Å²) in [6.45, 7) is 2.80. The van der Waals surface area contributed by atoms with E-state index in [-0.39, 0.29) is 17.9 Å². The predicted molar refractivity (Wildman–Crippen MR) is 121 cm³/mol. The minimum atomic E-state index is 0.0276. The van der Waals surface area contributed by atoms with E-state index in [1.165, 1.54) is 0 Å². The lowest BCUT2D eigenvalue weighted by molar-refractivity contribution is -0.131. The van der Waals surface area contributed by atoms with Gasteiger partial charge in [0.25, 0.3) is 0 Å². The first-order chi connectivity index (χ1) is 14.5. The number of β-lactam (4-membered cyclic amide) rings is 1. The summed E-state index contributed by atoms with van der Waals surface area (Å²) < 4.78 is 7.75. The van der Waals surface area contributed by atoms with Crippen LogP contribution in [-0.4, -0.2) is 32.7 Å². The van der Waals surface area contributed by atoms with Crippen LogP contribution in [0, 0.1) is 11.8 Å². The average Bonchev–Trinajstić information content (AvgIpc) is 3.48. The van der Waals surface area contributed by atoms with E-state index in [2.05, 4.69) is 32.2 Å². The van der Waals surface area contributed by atoms with Crippen molar-refractivity contribution in [2.75, 3.05) is 11.5 Å². The highest BCUT2D eigenvalue weighted by Crippen LogP contribution is 2.54. The largest absolute Gasteiger partial charge is 0.478 e. The van der Waals surface area contributed by atoms with Crippen LogP contribution in [0.4, 0.5) is 5.69 Å². The Bertz CT molecular complexity index is 1070. The molecule has 2 unspecified atom stereocenters. The summed E-state index contributed by atoms with van der Waals surface area (Å²) in [6, 6.07) is 10.1. The molecule has 0 radical (unpaired) electrons. The number of amides is 1. The molecular formula is C23H27N4O2P. The number of benzene rings is 1. The smallest absolute Gasteiger partial charge is 0.233 e. The molecule has 1 aliphatic heterocycles. The van der Waals surface area contributed by atoms with Crippen molar-refractivity contribution >= 4 is 31.9 Å². The second-order valence-electron chi connectivity index (χ2n) is 8.59. The van der Waals surface area contributed by atoms with Crippen molar-refractivity contribution in [2.45, 2.75) is 37.9 Å². The molecule has 30 heavy (non-hydrogen) atoms. The van der Waals surface area contributed by atoms with E-state index in [1.54, 1.807) is 6.33 Å². The van der Waals surface area contributed by atoms with Gasteiger partial charge in [-0.2, -0.15) is 0 Å². The van der Waals surface area contributed by atoms with Crippen molar-refractivity contribution in [3.05, 3.63) is 48.4 Å². The van der Waals surface area contributed by atoms with Gasteiger partial charge in [-0.15, -0.1) is 9.24 Å². The highest BCUT2D eigenvalue weighted by Gasteiger charge is 2.55. The Morgan fingerprint density at radius 1 is 1.23 bits per heavy atom. The molecule has 5 rings (SSSR count). The Hall–Kier alpha value is -2.46. The highest BCUT2D eigenvalue weighted by atomic mass is 31.0. The Morgan fingerprint density at radius 3 is 2.77 bits per heavy atom. The number of hydrogen-bond donors (Lipinski definition) is 0. The standard InChI is InChI=1S/C23H27N4O2P/c1-14(30)9-10-29-20-8-5-16(12-24-20)22-21(15-3-4-15)23(28)27(22)17-6-7-19-18(11-17)25-13-26(19)2/h5-8,11-15,21-22H,3-4,9-10,30H2,1-2H3/t14?,21-,22+/m0/s1. The molecule has 0 bridgehead atoms. The topological polar surface area (TPSA) is 60.2 Å². The first kappa shape index (κ1) is 19.5. The van der Waals surface area contributed by atoms with Crippen LogP contribution < -0.4 is 9.64 Å². The molecule has 2 aliphatic rings. The molecule has 2 fully saturated rings. The molecule has 2 aromatic heterocycles. The van der Waals surface area contributed by atoms with Gasteiger partial charge >= 0.3 is 0 Å². The lowest BCUT2D eigenvalue weighted by Crippen LogP contribution is -2.56. The Kier molecular flexibility index (Phi) is 4.98. The van der Waals surface area contributed by atoms with Crippen molar-refractivity contribution in [3.63, 3.8) is 0 Å². The summed E-state index contributed by atoms with van der Waals surface area (Å²) in [5, 5.41) is 0. The molecule has 7 heteroatoms. The summed E-state index contributed by atoms with van der Waals surface area (Å²) in [7, 11) is 4.76. The van der Waals surface area contributed by atoms with Crippen molar-refractivity contribution in [3.8, 4) is 5.88 Å². The molecule has 1 saturated carbocycles. The Labute approximate surface area is 178 Å². The predicted octanol–water partition coefficient (Wildman–Crippen LogP) is 4.11. The van der Waals surface area contributed by atoms with E-state index in [9.17, 15) is 4.79 Å². The number of carbonyl (C=O) groups is 1. The van der Waals surface area contributed by atoms with E-state index in [4.69, 9.17) is 4.74 Å². The zero-order valence-corrected chi connectivity index (χ0v) is 18.5. The first-order valence-electron chi connectivity index (χ1n) is 10.6. The van der Waals surface area contributed by atoms with E-state index < -0.39 is 0 Å². The number of carbonyl (C=O) groups excluding carboxylic acids is 1. The Morgan fingerprint density at radius 2 is 2.07 bits per heavy atom. The van der Waals surface area contributed by atoms with E-state index in [1.807, 2.05) is 47.0 Å². The van der Waals surface area contributed by atoms with E-state index in [0.717, 1.165) is 41.5 Å². The van der Waals surface area contributed by atoms with Gasteiger partial charge in [0.1, 0.15) is 0 Å². The molecule has 1 saturated heterocycles. The summed E-state index contributed by atoms with van der Waals surface area (Å²) in [4.78, 5) is 24.0. The number of ether oxygens (including phenoxy) is 1. The third-order valence-corrected chi connectivity index (χ3v) is 6.52. The van der Waals surface area contributed by atoms with Gasteiger partial charge in [-0.3, -0.25) is 4.79 Å². The molecule has 1 amide bonds. The molecule has 1 aromatic carbocycles. The molecular weight excluding hydrogens is 395 g/mol. The molecule has 4 atom stereocenters. The summed E-state index contributed by atoms with van der Waals surface area (Å²) in [5.74, 6) is 1.40.